The maximum atomic E-state index is 9.62. The second-order valence-electron chi connectivity index (χ2n) is 1.01. The normalized spacial score (nSPS) is 8.33. The number of amides is 2. The van der Waals surface area contributed by atoms with Crippen molar-refractivity contribution in [1.29, 1.82) is 0 Å². The van der Waals surface area contributed by atoms with Crippen molar-refractivity contribution < 1.29 is 9.90 Å². The number of carbonyl (C=O) groups is 1. The van der Waals surface area contributed by atoms with Crippen molar-refractivity contribution in [2.75, 3.05) is 6.61 Å². The molecule has 4 heteroatoms. The van der Waals surface area contributed by atoms with Crippen LogP contribution in [0, 0.1) is 0 Å². The summed E-state index contributed by atoms with van der Waals surface area (Å²) in [6.07, 6.45) is 1.35. The zero-order valence-corrected chi connectivity index (χ0v) is 5.63. The average Bonchev–Trinajstić information content (AvgIpc) is 1.67. The molecule has 0 atom stereocenters. The number of aliphatic imine (C=N–C) groups is 1. The molecule has 0 aliphatic heterocycles. The SMILES string of the molecule is CC=NC(N)=O.CC[O]. The van der Waals surface area contributed by atoms with Gasteiger partial charge in [-0.25, -0.2) is 14.9 Å². The Morgan fingerprint density at radius 3 is 2.11 bits per heavy atom. The Morgan fingerprint density at radius 2 is 2.11 bits per heavy atom. The van der Waals surface area contributed by atoms with E-state index in [4.69, 9.17) is 5.11 Å². The molecular weight excluding hydrogens is 120 g/mol. The molecule has 0 bridgehead atoms. The Kier molecular flexibility index (Phi) is 12.4. The van der Waals surface area contributed by atoms with Crippen molar-refractivity contribution in [2.24, 2.45) is 10.7 Å². The van der Waals surface area contributed by atoms with Crippen LogP contribution in [0.2, 0.25) is 0 Å². The number of nitrogens with two attached hydrogens (primary N) is 1. The van der Waals surface area contributed by atoms with Gasteiger partial charge in [-0.05, 0) is 13.8 Å². The number of hydrogen-bond acceptors (Lipinski definition) is 1. The fraction of sp³-hybridized carbons (Fsp3) is 0.600. The maximum absolute atomic E-state index is 9.62. The Morgan fingerprint density at radius 1 is 1.78 bits per heavy atom. The molecule has 0 saturated heterocycles. The third-order valence-corrected chi connectivity index (χ3v) is 0.256. The molecule has 4 nitrogen and oxygen atoms in total. The first-order valence-electron chi connectivity index (χ1n) is 2.55. The van der Waals surface area contributed by atoms with Gasteiger partial charge in [0.05, 0.1) is 6.61 Å². The predicted octanol–water partition coefficient (Wildman–Crippen LogP) is 0.593. The first-order valence-corrected chi connectivity index (χ1v) is 2.55. The van der Waals surface area contributed by atoms with Crippen LogP contribution in [0.4, 0.5) is 4.79 Å². The van der Waals surface area contributed by atoms with Crippen LogP contribution in [0.25, 0.3) is 0 Å². The molecule has 0 rings (SSSR count). The smallest absolute Gasteiger partial charge is 0.337 e. The van der Waals surface area contributed by atoms with Gasteiger partial charge < -0.3 is 5.73 Å². The molecule has 0 aromatic carbocycles. The van der Waals surface area contributed by atoms with E-state index in [-0.39, 0.29) is 6.61 Å². The quantitative estimate of drug-likeness (QED) is 0.480. The van der Waals surface area contributed by atoms with Crippen LogP contribution in [-0.2, 0) is 5.11 Å². The fourth-order valence-corrected chi connectivity index (χ4v) is 0.127. The summed E-state index contributed by atoms with van der Waals surface area (Å²) in [5.41, 5.74) is 4.57. The molecule has 2 N–H and O–H groups in total. The van der Waals surface area contributed by atoms with Crippen molar-refractivity contribution in [3.05, 3.63) is 0 Å². The molecule has 1 radical (unpaired) electrons. The van der Waals surface area contributed by atoms with Crippen LogP contribution in [0.1, 0.15) is 13.8 Å². The molecule has 2 amide bonds. The van der Waals surface area contributed by atoms with Gasteiger partial charge >= 0.3 is 6.03 Å². The highest BCUT2D eigenvalue weighted by atomic mass is 16.2. The standard InChI is InChI=1S/C3H6N2O.C2H5O/c1-2-5-3(4)6;1-2-3/h2H,1H3,(H2,4,6);2H2,1H3. The molecule has 0 saturated carbocycles. The average molecular weight is 131 g/mol. The van der Waals surface area contributed by atoms with E-state index in [1.54, 1.807) is 13.8 Å². The first kappa shape index (κ1) is 11.0. The van der Waals surface area contributed by atoms with Crippen molar-refractivity contribution in [3.8, 4) is 0 Å². The lowest BCUT2D eigenvalue weighted by molar-refractivity contribution is 0.212. The van der Waals surface area contributed by atoms with Crippen LogP contribution in [0.15, 0.2) is 4.99 Å². The summed E-state index contributed by atoms with van der Waals surface area (Å²) in [7, 11) is 0. The molecule has 0 aliphatic rings. The first-order chi connectivity index (χ1) is 4.18. The van der Waals surface area contributed by atoms with Gasteiger partial charge in [0.15, 0.2) is 0 Å². The van der Waals surface area contributed by atoms with Gasteiger partial charge in [-0.2, -0.15) is 0 Å². The van der Waals surface area contributed by atoms with Crippen molar-refractivity contribution in [3.63, 3.8) is 0 Å². The molecule has 0 aromatic heterocycles. The molecule has 53 valence electrons. The van der Waals surface area contributed by atoms with E-state index in [2.05, 4.69) is 10.7 Å². The molecule has 9 heavy (non-hydrogen) atoms. The number of carbonyl (C=O) groups excluding carboxylic acids is 1. The monoisotopic (exact) mass is 131 g/mol. The van der Waals surface area contributed by atoms with Crippen LogP contribution in [0.3, 0.4) is 0 Å². The Bertz CT molecular complexity index is 91.0. The fourth-order valence-electron chi connectivity index (χ4n) is 0.127. The van der Waals surface area contributed by atoms with Gasteiger partial charge in [0.25, 0.3) is 0 Å². The third-order valence-electron chi connectivity index (χ3n) is 0.256. The molecule has 0 aliphatic carbocycles. The summed E-state index contributed by atoms with van der Waals surface area (Å²) in [4.78, 5) is 12.8. The van der Waals surface area contributed by atoms with E-state index >= 15 is 0 Å². The minimum Gasteiger partial charge on any atom is -0.350 e. The second-order valence-corrected chi connectivity index (χ2v) is 1.01. The Hall–Kier alpha value is -0.900. The van der Waals surface area contributed by atoms with E-state index < -0.39 is 6.03 Å². The lowest BCUT2D eigenvalue weighted by atomic mass is 10.9. The van der Waals surface area contributed by atoms with Gasteiger partial charge in [-0.1, -0.05) is 0 Å². The van der Waals surface area contributed by atoms with E-state index in [9.17, 15) is 4.79 Å². The summed E-state index contributed by atoms with van der Waals surface area (Å²) >= 11 is 0. The Labute approximate surface area is 54.4 Å². The number of urea groups is 1. The zero-order valence-electron chi connectivity index (χ0n) is 5.63. The summed E-state index contributed by atoms with van der Waals surface area (Å²) in [6, 6.07) is -0.641. The van der Waals surface area contributed by atoms with E-state index in [1.165, 1.54) is 6.21 Å². The van der Waals surface area contributed by atoms with Crippen molar-refractivity contribution >= 4 is 12.2 Å². The van der Waals surface area contributed by atoms with E-state index in [0.717, 1.165) is 0 Å². The maximum Gasteiger partial charge on any atom is 0.337 e. The summed E-state index contributed by atoms with van der Waals surface area (Å²) in [6.45, 7) is 3.20. The largest absolute Gasteiger partial charge is 0.350 e. The van der Waals surface area contributed by atoms with E-state index in [0.29, 0.717) is 0 Å². The molecule has 0 fully saturated rings. The van der Waals surface area contributed by atoms with Gasteiger partial charge in [-0.3, -0.25) is 0 Å². The number of primary amides is 1. The lowest BCUT2D eigenvalue weighted by Gasteiger charge is -1.70. The molecule has 0 unspecified atom stereocenters. The summed E-state index contributed by atoms with van der Waals surface area (Å²) < 4.78 is 0. The van der Waals surface area contributed by atoms with Gasteiger partial charge in [0, 0.05) is 6.21 Å². The minimum absolute atomic E-state index is 0. The summed E-state index contributed by atoms with van der Waals surface area (Å²) in [5, 5.41) is 8.93. The third kappa shape index (κ3) is 41.9. The lowest BCUT2D eigenvalue weighted by Crippen LogP contribution is -2.02. The molecule has 0 aromatic rings. The second kappa shape index (κ2) is 10.2. The number of nitrogens with zero attached hydrogens (tertiary/aromatic N) is 1. The summed E-state index contributed by atoms with van der Waals surface area (Å²) in [5.74, 6) is 0. The Balaban J connectivity index is 0. The number of hydrogen-bond donors (Lipinski definition) is 1. The van der Waals surface area contributed by atoms with Crippen LogP contribution >= 0.6 is 0 Å². The highest BCUT2D eigenvalue weighted by Crippen LogP contribution is 1.59. The van der Waals surface area contributed by atoms with Crippen LogP contribution < -0.4 is 5.73 Å². The van der Waals surface area contributed by atoms with Crippen molar-refractivity contribution in [2.45, 2.75) is 13.8 Å². The minimum atomic E-state index is -0.641. The molecule has 0 heterocycles. The van der Waals surface area contributed by atoms with Gasteiger partial charge in [0.2, 0.25) is 0 Å². The zero-order chi connectivity index (χ0) is 7.70. The van der Waals surface area contributed by atoms with E-state index in [1.807, 2.05) is 0 Å². The molecule has 0 spiro atoms. The molecular formula is C5H11N2O2. The van der Waals surface area contributed by atoms with Gasteiger partial charge in [0.1, 0.15) is 0 Å². The van der Waals surface area contributed by atoms with Crippen LogP contribution in [-0.4, -0.2) is 18.9 Å². The van der Waals surface area contributed by atoms with Gasteiger partial charge in [-0.15, -0.1) is 0 Å². The topological polar surface area (TPSA) is 75.3 Å². The van der Waals surface area contributed by atoms with Crippen molar-refractivity contribution in [1.82, 2.24) is 0 Å². The van der Waals surface area contributed by atoms with Crippen LogP contribution in [0.5, 0.6) is 0 Å². The number of rotatable bonds is 0. The predicted molar refractivity (Wildman–Crippen MR) is 35.0 cm³/mol. The highest BCUT2D eigenvalue weighted by molar-refractivity contribution is 5.81. The highest BCUT2D eigenvalue weighted by Gasteiger charge is 1.74.